The summed E-state index contributed by atoms with van der Waals surface area (Å²) in [6, 6.07) is 0. The molecule has 0 bridgehead atoms. The molecule has 8 atom stereocenters. The van der Waals surface area contributed by atoms with Gasteiger partial charge < -0.3 is 10.1 Å². The standard InChI is InChI=1S/C31H51NO3/c1-26(2,3)35-25(34)32-31-15-9-10-21(31)20-11-12-23-28(6)16-14-24(33)27(4,5)22(28)13-17-30(23,8)29(20,7)18-19-31/h20-23H,9-19H2,1-8H3,(H,32,34)/t20?,21-,22?,23?,28?,29-,30?,31?/m1/s1. The highest BCUT2D eigenvalue weighted by molar-refractivity contribution is 5.85. The lowest BCUT2D eigenvalue weighted by Gasteiger charge is -2.72. The van der Waals surface area contributed by atoms with E-state index < -0.39 is 5.60 Å². The Hall–Kier alpha value is -1.06. The number of ether oxygens (including phenoxy) is 1. The van der Waals surface area contributed by atoms with Gasteiger partial charge in [-0.2, -0.15) is 0 Å². The van der Waals surface area contributed by atoms with E-state index in [-0.39, 0.29) is 22.5 Å². The third-order valence-electron chi connectivity index (χ3n) is 12.9. The van der Waals surface area contributed by atoms with Gasteiger partial charge in [-0.05, 0) is 118 Å². The number of alkyl carbamates (subject to hydrolysis) is 1. The molecule has 0 heterocycles. The van der Waals surface area contributed by atoms with Gasteiger partial charge >= 0.3 is 6.09 Å². The van der Waals surface area contributed by atoms with Gasteiger partial charge in [-0.15, -0.1) is 0 Å². The van der Waals surface area contributed by atoms with E-state index in [1.54, 1.807) is 0 Å². The van der Waals surface area contributed by atoms with E-state index in [0.717, 1.165) is 25.7 Å². The minimum Gasteiger partial charge on any atom is -0.444 e. The minimum absolute atomic E-state index is 0.0872. The Morgan fingerprint density at radius 3 is 2.23 bits per heavy atom. The molecule has 1 N–H and O–H groups in total. The minimum atomic E-state index is -0.465. The molecular formula is C31H51NO3. The summed E-state index contributed by atoms with van der Waals surface area (Å²) < 4.78 is 5.73. The zero-order chi connectivity index (χ0) is 25.7. The van der Waals surface area contributed by atoms with Crippen molar-refractivity contribution in [1.29, 1.82) is 0 Å². The Kier molecular flexibility index (Phi) is 5.65. The molecule has 0 aromatic carbocycles. The van der Waals surface area contributed by atoms with Crippen LogP contribution in [0.4, 0.5) is 4.79 Å². The molecule has 5 rings (SSSR count). The van der Waals surface area contributed by atoms with E-state index >= 15 is 0 Å². The van der Waals surface area contributed by atoms with Gasteiger partial charge in [0.1, 0.15) is 11.4 Å². The van der Waals surface area contributed by atoms with Crippen molar-refractivity contribution in [3.8, 4) is 0 Å². The van der Waals surface area contributed by atoms with Gasteiger partial charge in [0, 0.05) is 17.4 Å². The van der Waals surface area contributed by atoms with Crippen molar-refractivity contribution >= 4 is 11.9 Å². The van der Waals surface area contributed by atoms with Crippen LogP contribution in [0, 0.1) is 45.3 Å². The molecule has 1 amide bonds. The topological polar surface area (TPSA) is 55.4 Å². The van der Waals surface area contributed by atoms with Crippen LogP contribution < -0.4 is 5.32 Å². The third kappa shape index (κ3) is 3.50. The molecule has 5 aliphatic carbocycles. The summed E-state index contributed by atoms with van der Waals surface area (Å²) in [5.74, 6) is 2.91. The van der Waals surface area contributed by atoms with Gasteiger partial charge in [0.15, 0.2) is 0 Å². The maximum atomic E-state index is 12.9. The smallest absolute Gasteiger partial charge is 0.408 e. The van der Waals surface area contributed by atoms with Crippen molar-refractivity contribution < 1.29 is 14.3 Å². The summed E-state index contributed by atoms with van der Waals surface area (Å²) in [6.07, 6.45) is 12.4. The molecule has 0 aromatic heterocycles. The average molecular weight is 486 g/mol. The van der Waals surface area contributed by atoms with E-state index in [9.17, 15) is 9.59 Å². The first-order valence-electron chi connectivity index (χ1n) is 14.6. The van der Waals surface area contributed by atoms with Gasteiger partial charge in [0.05, 0.1) is 0 Å². The normalized spacial score (nSPS) is 48.7. The maximum absolute atomic E-state index is 12.9. The Labute approximate surface area is 214 Å². The molecule has 0 aromatic rings. The lowest BCUT2D eigenvalue weighted by molar-refractivity contribution is -0.226. The first kappa shape index (κ1) is 25.6. The highest BCUT2D eigenvalue weighted by atomic mass is 16.6. The van der Waals surface area contributed by atoms with Crippen molar-refractivity contribution in [3.63, 3.8) is 0 Å². The summed E-state index contributed by atoms with van der Waals surface area (Å²) in [7, 11) is 0. The van der Waals surface area contributed by atoms with Gasteiger partial charge in [0.2, 0.25) is 0 Å². The van der Waals surface area contributed by atoms with Gasteiger partial charge in [-0.1, -0.05) is 41.0 Å². The summed E-state index contributed by atoms with van der Waals surface area (Å²) in [5, 5.41) is 3.46. The lowest BCUT2D eigenvalue weighted by Crippen LogP contribution is -2.68. The molecule has 5 aliphatic rings. The lowest BCUT2D eigenvalue weighted by atomic mass is 9.33. The Morgan fingerprint density at radius 1 is 0.829 bits per heavy atom. The summed E-state index contributed by atoms with van der Waals surface area (Å²) in [4.78, 5) is 25.9. The first-order valence-corrected chi connectivity index (χ1v) is 14.6. The molecule has 4 nitrogen and oxygen atoms in total. The molecule has 0 spiro atoms. The van der Waals surface area contributed by atoms with Crippen LogP contribution in [-0.2, 0) is 9.53 Å². The molecule has 0 radical (unpaired) electrons. The van der Waals surface area contributed by atoms with Crippen molar-refractivity contribution in [2.75, 3.05) is 0 Å². The number of hydrogen-bond donors (Lipinski definition) is 1. The van der Waals surface area contributed by atoms with E-state index in [1.165, 1.54) is 44.9 Å². The Balaban J connectivity index is 1.44. The molecule has 0 aliphatic heterocycles. The number of hydrogen-bond acceptors (Lipinski definition) is 3. The summed E-state index contributed by atoms with van der Waals surface area (Å²) in [6.45, 7) is 18.2. The van der Waals surface area contributed by atoms with Crippen molar-refractivity contribution in [1.82, 2.24) is 5.32 Å². The number of amides is 1. The molecular weight excluding hydrogens is 434 g/mol. The second-order valence-corrected chi connectivity index (χ2v) is 15.6. The third-order valence-corrected chi connectivity index (χ3v) is 12.9. The zero-order valence-corrected chi connectivity index (χ0v) is 23.8. The number of fused-ring (bicyclic) bond motifs is 7. The van der Waals surface area contributed by atoms with E-state index in [4.69, 9.17) is 4.74 Å². The number of carbonyl (C=O) groups is 2. The molecule has 35 heavy (non-hydrogen) atoms. The fraction of sp³-hybridized carbons (Fsp3) is 0.935. The Morgan fingerprint density at radius 2 is 1.54 bits per heavy atom. The number of ketones is 1. The number of carbonyl (C=O) groups excluding carboxylic acids is 2. The summed E-state index contributed by atoms with van der Waals surface area (Å²) in [5.41, 5.74) is 0.124. The predicted octanol–water partition coefficient (Wildman–Crippen LogP) is 7.69. The van der Waals surface area contributed by atoms with Crippen LogP contribution in [0.1, 0.15) is 126 Å². The fourth-order valence-corrected chi connectivity index (χ4v) is 11.1. The molecule has 0 saturated heterocycles. The zero-order valence-electron chi connectivity index (χ0n) is 23.8. The molecule has 5 saturated carbocycles. The largest absolute Gasteiger partial charge is 0.444 e. The monoisotopic (exact) mass is 485 g/mol. The second-order valence-electron chi connectivity index (χ2n) is 15.6. The highest BCUT2D eigenvalue weighted by Gasteiger charge is 2.70. The fourth-order valence-electron chi connectivity index (χ4n) is 11.1. The van der Waals surface area contributed by atoms with Gasteiger partial charge in [-0.25, -0.2) is 4.79 Å². The average Bonchev–Trinajstić information content (AvgIpc) is 3.14. The van der Waals surface area contributed by atoms with E-state index in [1.807, 2.05) is 20.8 Å². The SMILES string of the molecule is CC(C)(C)OC(=O)NC12CCC[C@@H]1C1CCC3C4(C)CCC(=O)C(C)(C)C4CCC3(C)[C@]1(C)CC2. The van der Waals surface area contributed by atoms with E-state index in [0.29, 0.717) is 40.3 Å². The molecule has 6 unspecified atom stereocenters. The van der Waals surface area contributed by atoms with Crippen LogP contribution >= 0.6 is 0 Å². The van der Waals surface area contributed by atoms with Crippen LogP contribution in [0.5, 0.6) is 0 Å². The van der Waals surface area contributed by atoms with Crippen molar-refractivity contribution in [3.05, 3.63) is 0 Å². The Bertz CT molecular complexity index is 903. The van der Waals surface area contributed by atoms with Crippen LogP contribution in [0.15, 0.2) is 0 Å². The van der Waals surface area contributed by atoms with Crippen LogP contribution in [-0.4, -0.2) is 23.0 Å². The molecule has 4 heteroatoms. The van der Waals surface area contributed by atoms with Crippen LogP contribution in [0.3, 0.4) is 0 Å². The molecule has 5 fully saturated rings. The van der Waals surface area contributed by atoms with Crippen LogP contribution in [0.25, 0.3) is 0 Å². The highest BCUT2D eigenvalue weighted by Crippen LogP contribution is 2.75. The predicted molar refractivity (Wildman–Crippen MR) is 140 cm³/mol. The van der Waals surface area contributed by atoms with Gasteiger partial charge in [-0.3, -0.25) is 4.79 Å². The summed E-state index contributed by atoms with van der Waals surface area (Å²) >= 11 is 0. The molecule has 198 valence electrons. The van der Waals surface area contributed by atoms with Crippen molar-refractivity contribution in [2.24, 2.45) is 45.3 Å². The van der Waals surface area contributed by atoms with Crippen LogP contribution in [0.2, 0.25) is 0 Å². The number of rotatable bonds is 1. The second kappa shape index (κ2) is 7.73. The quantitative estimate of drug-likeness (QED) is 0.414. The first-order chi connectivity index (χ1) is 16.1. The van der Waals surface area contributed by atoms with E-state index in [2.05, 4.69) is 39.9 Å². The maximum Gasteiger partial charge on any atom is 0.408 e. The number of nitrogens with one attached hydrogen (secondary N) is 1. The van der Waals surface area contributed by atoms with Crippen molar-refractivity contribution in [2.45, 2.75) is 137 Å². The number of Topliss-reactive ketones (excluding diaryl/α,β-unsaturated/α-hetero) is 1. The van der Waals surface area contributed by atoms with Gasteiger partial charge in [0.25, 0.3) is 0 Å².